The van der Waals surface area contributed by atoms with E-state index >= 15 is 0 Å². The average molecular weight is 296 g/mol. The Bertz CT molecular complexity index is 402. The van der Waals surface area contributed by atoms with Gasteiger partial charge in [-0.05, 0) is 55.8 Å². The van der Waals surface area contributed by atoms with Crippen LogP contribution in [0.4, 0.5) is 0 Å². The molecule has 3 heteroatoms. The molecule has 0 aliphatic heterocycles. The summed E-state index contributed by atoms with van der Waals surface area (Å²) in [6.07, 6.45) is 5.44. The molecule has 1 unspecified atom stereocenters. The van der Waals surface area contributed by atoms with Crippen LogP contribution in [0, 0.1) is 5.92 Å². The second-order valence-electron chi connectivity index (χ2n) is 5.87. The third kappa shape index (κ3) is 4.76. The highest BCUT2D eigenvalue weighted by Crippen LogP contribution is 2.30. The summed E-state index contributed by atoms with van der Waals surface area (Å²) in [5, 5.41) is 4.18. The van der Waals surface area contributed by atoms with Crippen LogP contribution in [0.25, 0.3) is 0 Å². The van der Waals surface area contributed by atoms with Crippen LogP contribution in [0.5, 0.6) is 0 Å². The first-order chi connectivity index (χ1) is 9.69. The van der Waals surface area contributed by atoms with Gasteiger partial charge < -0.3 is 10.1 Å². The van der Waals surface area contributed by atoms with E-state index in [0.717, 1.165) is 24.0 Å². The minimum Gasteiger partial charge on any atom is -0.369 e. The molecule has 20 heavy (non-hydrogen) atoms. The number of halogens is 1. The molecule has 1 atom stereocenters. The highest BCUT2D eigenvalue weighted by atomic mass is 35.5. The van der Waals surface area contributed by atoms with Crippen molar-refractivity contribution < 1.29 is 4.74 Å². The number of hydrogen-bond acceptors (Lipinski definition) is 2. The number of hydrogen-bond donors (Lipinski definition) is 1. The van der Waals surface area contributed by atoms with Crippen LogP contribution in [-0.4, -0.2) is 19.2 Å². The van der Waals surface area contributed by atoms with E-state index in [0.29, 0.717) is 6.10 Å². The summed E-state index contributed by atoms with van der Waals surface area (Å²) in [5.74, 6) is 0.855. The van der Waals surface area contributed by atoms with Gasteiger partial charge in [-0.3, -0.25) is 0 Å². The largest absolute Gasteiger partial charge is 0.369 e. The van der Waals surface area contributed by atoms with Crippen molar-refractivity contribution >= 4 is 11.6 Å². The molecule has 2 rings (SSSR count). The zero-order chi connectivity index (χ0) is 14.4. The van der Waals surface area contributed by atoms with Crippen molar-refractivity contribution in [3.8, 4) is 0 Å². The van der Waals surface area contributed by atoms with Gasteiger partial charge in [0.2, 0.25) is 0 Å². The summed E-state index contributed by atoms with van der Waals surface area (Å²) in [7, 11) is 0. The fourth-order valence-electron chi connectivity index (χ4n) is 2.82. The Morgan fingerprint density at radius 2 is 2.05 bits per heavy atom. The minimum absolute atomic E-state index is 0.104. The summed E-state index contributed by atoms with van der Waals surface area (Å²) in [6.45, 7) is 6.27. The maximum atomic E-state index is 6.36. The zero-order valence-electron chi connectivity index (χ0n) is 12.6. The monoisotopic (exact) mass is 295 g/mol. The topological polar surface area (TPSA) is 21.3 Å². The lowest BCUT2D eigenvalue weighted by Gasteiger charge is -2.30. The molecule has 0 spiro atoms. The Balaban J connectivity index is 1.99. The van der Waals surface area contributed by atoms with Crippen LogP contribution in [-0.2, 0) is 4.74 Å². The Labute approximate surface area is 127 Å². The van der Waals surface area contributed by atoms with E-state index < -0.39 is 0 Å². The summed E-state index contributed by atoms with van der Waals surface area (Å²) in [6, 6.07) is 8.05. The summed E-state index contributed by atoms with van der Waals surface area (Å²) in [4.78, 5) is 0. The van der Waals surface area contributed by atoms with Crippen LogP contribution in [0.15, 0.2) is 24.3 Å². The molecule has 0 aromatic heterocycles. The third-order valence-electron chi connectivity index (χ3n) is 4.12. The molecule has 1 aromatic rings. The van der Waals surface area contributed by atoms with Gasteiger partial charge in [0, 0.05) is 11.6 Å². The Hall–Kier alpha value is -0.570. The average Bonchev–Trinajstić information content (AvgIpc) is 2.45. The standard InChI is InChI=1S/C17H26ClNO/c1-3-19-12-17(14-5-4-6-15(18)11-14)20-16-9-7-13(2)8-10-16/h4-6,11,13,16-17,19H,3,7-10,12H2,1-2H3. The second-order valence-corrected chi connectivity index (χ2v) is 6.31. The first-order valence-corrected chi connectivity index (χ1v) is 8.18. The molecule has 0 heterocycles. The van der Waals surface area contributed by atoms with Crippen molar-refractivity contribution in [1.82, 2.24) is 5.32 Å². The van der Waals surface area contributed by atoms with Gasteiger partial charge in [0.25, 0.3) is 0 Å². The van der Waals surface area contributed by atoms with Gasteiger partial charge in [-0.15, -0.1) is 0 Å². The van der Waals surface area contributed by atoms with Crippen molar-refractivity contribution in [3.63, 3.8) is 0 Å². The van der Waals surface area contributed by atoms with Crippen molar-refractivity contribution in [1.29, 1.82) is 0 Å². The molecular formula is C17H26ClNO. The van der Waals surface area contributed by atoms with E-state index in [4.69, 9.17) is 16.3 Å². The number of nitrogens with one attached hydrogen (secondary N) is 1. The lowest BCUT2D eigenvalue weighted by atomic mass is 9.89. The Kier molecular flexibility index (Phi) is 6.34. The number of ether oxygens (including phenoxy) is 1. The molecule has 2 nitrogen and oxygen atoms in total. The molecule has 1 aliphatic carbocycles. The van der Waals surface area contributed by atoms with E-state index in [1.54, 1.807) is 0 Å². The van der Waals surface area contributed by atoms with Gasteiger partial charge in [0.1, 0.15) is 0 Å². The first-order valence-electron chi connectivity index (χ1n) is 7.80. The third-order valence-corrected chi connectivity index (χ3v) is 4.35. The number of likely N-dealkylation sites (N-methyl/N-ethyl adjacent to an activating group) is 1. The predicted octanol–water partition coefficient (Wildman–Crippen LogP) is 4.59. The summed E-state index contributed by atoms with van der Waals surface area (Å²) in [5.41, 5.74) is 1.18. The van der Waals surface area contributed by atoms with E-state index in [-0.39, 0.29) is 6.10 Å². The molecule has 0 bridgehead atoms. The maximum Gasteiger partial charge on any atom is 0.0953 e. The fraction of sp³-hybridized carbons (Fsp3) is 0.647. The van der Waals surface area contributed by atoms with Crippen LogP contribution in [0.2, 0.25) is 5.02 Å². The number of benzene rings is 1. The van der Waals surface area contributed by atoms with Gasteiger partial charge in [-0.25, -0.2) is 0 Å². The molecule has 0 radical (unpaired) electrons. The first kappa shape index (κ1) is 15.8. The van der Waals surface area contributed by atoms with Crippen LogP contribution >= 0.6 is 11.6 Å². The maximum absolute atomic E-state index is 6.36. The lowest BCUT2D eigenvalue weighted by Crippen LogP contribution is -2.29. The summed E-state index contributed by atoms with van der Waals surface area (Å²) < 4.78 is 6.36. The Morgan fingerprint density at radius 3 is 2.70 bits per heavy atom. The van der Waals surface area contributed by atoms with Crippen molar-refractivity contribution in [2.45, 2.75) is 51.7 Å². The van der Waals surface area contributed by atoms with E-state index in [1.807, 2.05) is 18.2 Å². The molecule has 1 fully saturated rings. The number of rotatable bonds is 6. The van der Waals surface area contributed by atoms with Gasteiger partial charge in [0.05, 0.1) is 12.2 Å². The van der Waals surface area contributed by atoms with Crippen LogP contribution in [0.1, 0.15) is 51.2 Å². The molecule has 1 aliphatic rings. The van der Waals surface area contributed by atoms with Gasteiger partial charge in [0.15, 0.2) is 0 Å². The SMILES string of the molecule is CCNCC(OC1CCC(C)CC1)c1cccc(Cl)c1. The molecule has 1 aromatic carbocycles. The van der Waals surface area contributed by atoms with Gasteiger partial charge in [-0.2, -0.15) is 0 Å². The molecule has 112 valence electrons. The molecule has 1 N–H and O–H groups in total. The summed E-state index contributed by atoms with van der Waals surface area (Å²) >= 11 is 6.11. The lowest BCUT2D eigenvalue weighted by molar-refractivity contribution is -0.0360. The highest BCUT2D eigenvalue weighted by Gasteiger charge is 2.23. The van der Waals surface area contributed by atoms with E-state index in [2.05, 4.69) is 25.2 Å². The van der Waals surface area contributed by atoms with Crippen LogP contribution < -0.4 is 5.32 Å². The molecule has 1 saturated carbocycles. The van der Waals surface area contributed by atoms with Crippen LogP contribution in [0.3, 0.4) is 0 Å². The Morgan fingerprint density at radius 1 is 1.30 bits per heavy atom. The highest BCUT2D eigenvalue weighted by molar-refractivity contribution is 6.30. The van der Waals surface area contributed by atoms with Crippen molar-refractivity contribution in [2.75, 3.05) is 13.1 Å². The van der Waals surface area contributed by atoms with Gasteiger partial charge in [-0.1, -0.05) is 37.6 Å². The van der Waals surface area contributed by atoms with E-state index in [9.17, 15) is 0 Å². The zero-order valence-corrected chi connectivity index (χ0v) is 13.3. The molecule has 0 amide bonds. The second kappa shape index (κ2) is 8.02. The minimum atomic E-state index is 0.104. The predicted molar refractivity (Wildman–Crippen MR) is 85.2 cm³/mol. The van der Waals surface area contributed by atoms with E-state index in [1.165, 1.54) is 31.2 Å². The fourth-order valence-corrected chi connectivity index (χ4v) is 3.02. The quantitative estimate of drug-likeness (QED) is 0.829. The van der Waals surface area contributed by atoms with Crippen molar-refractivity contribution in [2.24, 2.45) is 5.92 Å². The molecule has 0 saturated heterocycles. The normalized spacial score (nSPS) is 24.6. The smallest absolute Gasteiger partial charge is 0.0953 e. The molecular weight excluding hydrogens is 270 g/mol. The van der Waals surface area contributed by atoms with Crippen molar-refractivity contribution in [3.05, 3.63) is 34.9 Å². The van der Waals surface area contributed by atoms with Gasteiger partial charge >= 0.3 is 0 Å².